The molecule has 0 fully saturated rings. The van der Waals surface area contributed by atoms with E-state index in [0.29, 0.717) is 35.9 Å². The molecule has 0 atom stereocenters. The topological polar surface area (TPSA) is 64.3 Å². The molecule has 5 heteroatoms. The molecular weight excluding hydrogens is 264 g/mol. The van der Waals surface area contributed by atoms with Gasteiger partial charge in [0.2, 0.25) is 5.91 Å². The number of hydrogen-bond acceptors (Lipinski definition) is 3. The minimum absolute atomic E-state index is 0.119. The van der Waals surface area contributed by atoms with Crippen LogP contribution in [0.15, 0.2) is 18.2 Å². The van der Waals surface area contributed by atoms with Crippen molar-refractivity contribution in [1.82, 2.24) is 0 Å². The highest BCUT2D eigenvalue weighted by molar-refractivity contribution is 6.30. The van der Waals surface area contributed by atoms with Crippen LogP contribution in [0.5, 0.6) is 0 Å². The highest BCUT2D eigenvalue weighted by Crippen LogP contribution is 2.20. The van der Waals surface area contributed by atoms with E-state index >= 15 is 0 Å². The number of carbonyl (C=O) groups excluding carboxylic acids is 1. The molecule has 0 aliphatic heterocycles. The second kappa shape index (κ2) is 8.54. The number of halogens is 1. The minimum atomic E-state index is -0.119. The van der Waals surface area contributed by atoms with Gasteiger partial charge in [-0.15, -0.1) is 0 Å². The first kappa shape index (κ1) is 15.5. The van der Waals surface area contributed by atoms with Crippen LogP contribution in [-0.2, 0) is 9.53 Å². The van der Waals surface area contributed by atoms with Crippen LogP contribution in [0.25, 0.3) is 0 Å². The van der Waals surface area contributed by atoms with Gasteiger partial charge in [0.05, 0.1) is 25.3 Å². The van der Waals surface area contributed by atoms with E-state index in [2.05, 4.69) is 17.2 Å². The monoisotopic (exact) mass is 280 g/mol. The molecule has 102 valence electrons. The minimum Gasteiger partial charge on any atom is -0.381 e. The van der Waals surface area contributed by atoms with E-state index in [9.17, 15) is 4.79 Å². The maximum Gasteiger partial charge on any atom is 0.226 e. The van der Waals surface area contributed by atoms with Crippen LogP contribution in [0.4, 0.5) is 5.69 Å². The van der Waals surface area contributed by atoms with Crippen LogP contribution < -0.4 is 11.1 Å². The van der Waals surface area contributed by atoms with Crippen molar-refractivity contribution < 1.29 is 9.53 Å². The van der Waals surface area contributed by atoms with Crippen LogP contribution in [0.3, 0.4) is 0 Å². The Morgan fingerprint density at radius 3 is 3.00 bits per heavy atom. The van der Waals surface area contributed by atoms with Crippen molar-refractivity contribution in [2.24, 2.45) is 5.73 Å². The van der Waals surface area contributed by atoms with Gasteiger partial charge in [-0.1, -0.05) is 23.4 Å². The Kier molecular flexibility index (Phi) is 6.98. The summed E-state index contributed by atoms with van der Waals surface area (Å²) >= 11 is 5.90. The zero-order valence-electron chi connectivity index (χ0n) is 10.8. The molecular formula is C14H17ClN2O2. The summed E-state index contributed by atoms with van der Waals surface area (Å²) in [5, 5.41) is 3.35. The van der Waals surface area contributed by atoms with Crippen LogP contribution in [0, 0.1) is 11.8 Å². The third-order valence-corrected chi connectivity index (χ3v) is 2.49. The van der Waals surface area contributed by atoms with Gasteiger partial charge in [-0.2, -0.15) is 0 Å². The molecule has 0 aliphatic rings. The maximum absolute atomic E-state index is 11.7. The van der Waals surface area contributed by atoms with Crippen LogP contribution in [0.2, 0.25) is 5.02 Å². The normalized spacial score (nSPS) is 9.63. The standard InChI is InChI=1S/C14H17ClN2O2/c1-2-19-9-7-14(18)17-13-6-5-12(15)10-11(13)4-3-8-16/h5-6,10H,2,7-9,16H2,1H3,(H,17,18). The van der Waals surface area contributed by atoms with Crippen LogP contribution in [0.1, 0.15) is 18.9 Å². The predicted molar refractivity (Wildman–Crippen MR) is 77.1 cm³/mol. The van der Waals surface area contributed by atoms with Gasteiger partial charge in [-0.05, 0) is 25.1 Å². The van der Waals surface area contributed by atoms with Crippen molar-refractivity contribution in [3.05, 3.63) is 28.8 Å². The lowest BCUT2D eigenvalue weighted by molar-refractivity contribution is -0.117. The van der Waals surface area contributed by atoms with E-state index in [-0.39, 0.29) is 12.5 Å². The first-order chi connectivity index (χ1) is 9.17. The Hall–Kier alpha value is -1.54. The molecule has 0 aromatic heterocycles. The number of carbonyl (C=O) groups is 1. The van der Waals surface area contributed by atoms with Gasteiger partial charge in [-0.3, -0.25) is 4.79 Å². The number of nitrogens with one attached hydrogen (secondary N) is 1. The van der Waals surface area contributed by atoms with E-state index in [0.717, 1.165) is 0 Å². The molecule has 0 heterocycles. The molecule has 4 nitrogen and oxygen atoms in total. The Morgan fingerprint density at radius 2 is 2.32 bits per heavy atom. The predicted octanol–water partition coefficient (Wildman–Crippen LogP) is 2.02. The Bertz CT molecular complexity index is 492. The first-order valence-corrected chi connectivity index (χ1v) is 6.41. The molecule has 19 heavy (non-hydrogen) atoms. The lowest BCUT2D eigenvalue weighted by atomic mass is 10.1. The summed E-state index contributed by atoms with van der Waals surface area (Å²) in [6.07, 6.45) is 0.306. The number of nitrogens with two attached hydrogens (primary N) is 1. The fourth-order valence-corrected chi connectivity index (χ4v) is 1.57. The summed E-state index contributed by atoms with van der Waals surface area (Å²) < 4.78 is 5.13. The Balaban J connectivity index is 2.74. The van der Waals surface area contributed by atoms with Crippen molar-refractivity contribution in [3.63, 3.8) is 0 Å². The smallest absolute Gasteiger partial charge is 0.226 e. The summed E-state index contributed by atoms with van der Waals surface area (Å²) in [4.78, 5) is 11.7. The summed E-state index contributed by atoms with van der Waals surface area (Å²) in [6, 6.07) is 5.12. The molecule has 0 unspecified atom stereocenters. The zero-order chi connectivity index (χ0) is 14.1. The van der Waals surface area contributed by atoms with Crippen molar-refractivity contribution >= 4 is 23.2 Å². The molecule has 3 N–H and O–H groups in total. The average molecular weight is 281 g/mol. The van der Waals surface area contributed by atoms with Gasteiger partial charge in [0.15, 0.2) is 0 Å². The fraction of sp³-hybridized carbons (Fsp3) is 0.357. The maximum atomic E-state index is 11.7. The molecule has 0 aliphatic carbocycles. The highest BCUT2D eigenvalue weighted by atomic mass is 35.5. The third kappa shape index (κ3) is 5.75. The summed E-state index contributed by atoms with van der Waals surface area (Å²) in [6.45, 7) is 3.14. The molecule has 0 radical (unpaired) electrons. The van der Waals surface area contributed by atoms with E-state index < -0.39 is 0 Å². The van der Waals surface area contributed by atoms with Crippen molar-refractivity contribution in [3.8, 4) is 11.8 Å². The number of amides is 1. The van der Waals surface area contributed by atoms with Gasteiger partial charge in [-0.25, -0.2) is 0 Å². The van der Waals surface area contributed by atoms with E-state index in [1.54, 1.807) is 18.2 Å². The van der Waals surface area contributed by atoms with E-state index in [1.165, 1.54) is 0 Å². The third-order valence-electron chi connectivity index (χ3n) is 2.26. The summed E-state index contributed by atoms with van der Waals surface area (Å²) in [5.41, 5.74) is 6.62. The molecule has 1 aromatic rings. The average Bonchev–Trinajstić information content (AvgIpc) is 2.39. The molecule has 1 rings (SSSR count). The molecule has 0 saturated carbocycles. The van der Waals surface area contributed by atoms with Gasteiger partial charge >= 0.3 is 0 Å². The lowest BCUT2D eigenvalue weighted by Gasteiger charge is -2.08. The molecule has 1 aromatic carbocycles. The zero-order valence-corrected chi connectivity index (χ0v) is 11.6. The summed E-state index contributed by atoms with van der Waals surface area (Å²) in [7, 11) is 0. The molecule has 0 saturated heterocycles. The summed E-state index contributed by atoms with van der Waals surface area (Å²) in [5.74, 6) is 5.50. The molecule has 0 bridgehead atoms. The first-order valence-electron chi connectivity index (χ1n) is 6.03. The van der Waals surface area contributed by atoms with Crippen molar-refractivity contribution in [1.29, 1.82) is 0 Å². The number of benzene rings is 1. The van der Waals surface area contributed by atoms with E-state index in [4.69, 9.17) is 22.1 Å². The van der Waals surface area contributed by atoms with Gasteiger partial charge in [0, 0.05) is 17.2 Å². The number of ether oxygens (including phenoxy) is 1. The van der Waals surface area contributed by atoms with Gasteiger partial charge in [0.25, 0.3) is 0 Å². The SMILES string of the molecule is CCOCCC(=O)Nc1ccc(Cl)cc1C#CCN. The number of rotatable bonds is 5. The van der Waals surface area contributed by atoms with Crippen LogP contribution >= 0.6 is 11.6 Å². The van der Waals surface area contributed by atoms with Crippen LogP contribution in [-0.4, -0.2) is 25.7 Å². The number of hydrogen-bond donors (Lipinski definition) is 2. The Morgan fingerprint density at radius 1 is 1.53 bits per heavy atom. The van der Waals surface area contributed by atoms with Gasteiger partial charge in [0.1, 0.15) is 0 Å². The largest absolute Gasteiger partial charge is 0.381 e. The second-order valence-electron chi connectivity index (χ2n) is 3.69. The Labute approximate surface area is 118 Å². The van der Waals surface area contributed by atoms with Crippen molar-refractivity contribution in [2.75, 3.05) is 25.1 Å². The van der Waals surface area contributed by atoms with Gasteiger partial charge < -0.3 is 15.8 Å². The van der Waals surface area contributed by atoms with E-state index in [1.807, 2.05) is 6.92 Å². The number of anilines is 1. The molecule has 1 amide bonds. The quantitative estimate of drug-likeness (QED) is 0.641. The second-order valence-corrected chi connectivity index (χ2v) is 4.13. The lowest BCUT2D eigenvalue weighted by Crippen LogP contribution is -2.15. The molecule has 0 spiro atoms. The highest BCUT2D eigenvalue weighted by Gasteiger charge is 2.06. The fourth-order valence-electron chi connectivity index (χ4n) is 1.40. The van der Waals surface area contributed by atoms with Crippen molar-refractivity contribution in [2.45, 2.75) is 13.3 Å².